The van der Waals surface area contributed by atoms with Crippen molar-refractivity contribution >= 4 is 35.1 Å². The minimum atomic E-state index is -0.344. The van der Waals surface area contributed by atoms with Gasteiger partial charge in [-0.15, -0.1) is 12.4 Å². The number of carbonyl (C=O) groups excluding carboxylic acids is 1. The molecule has 0 unspecified atom stereocenters. The maximum Gasteiger partial charge on any atom is 0.271 e. The fraction of sp³-hybridized carbons (Fsp3) is 0.0556. The highest BCUT2D eigenvalue weighted by Crippen LogP contribution is 2.11. The summed E-state index contributed by atoms with van der Waals surface area (Å²) in [6.45, 7) is 1.55. The Morgan fingerprint density at radius 2 is 1.96 bits per heavy atom. The van der Waals surface area contributed by atoms with Gasteiger partial charge in [-0.05, 0) is 25.1 Å². The van der Waals surface area contributed by atoms with E-state index in [1.54, 1.807) is 31.5 Å². The second-order valence-electron chi connectivity index (χ2n) is 5.22. The summed E-state index contributed by atoms with van der Waals surface area (Å²) in [6.07, 6.45) is 3.07. The van der Waals surface area contributed by atoms with Crippen LogP contribution in [0.2, 0.25) is 0 Å². The Morgan fingerprint density at radius 3 is 2.68 bits per heavy atom. The molecule has 0 saturated carbocycles. The Kier molecular flexibility index (Phi) is 5.92. The Morgan fingerprint density at radius 1 is 1.20 bits per heavy atom. The van der Waals surface area contributed by atoms with Crippen molar-refractivity contribution < 1.29 is 9.90 Å². The average Bonchev–Trinajstić information content (AvgIpc) is 3.06. The van der Waals surface area contributed by atoms with Crippen LogP contribution in [0.3, 0.4) is 0 Å². The molecule has 3 N–H and O–H groups in total. The van der Waals surface area contributed by atoms with Gasteiger partial charge in [-0.3, -0.25) is 4.79 Å². The highest BCUT2D eigenvalue weighted by molar-refractivity contribution is 6.09. The van der Waals surface area contributed by atoms with Gasteiger partial charge in [0.1, 0.15) is 0 Å². The van der Waals surface area contributed by atoms with Crippen molar-refractivity contribution in [2.24, 2.45) is 5.10 Å². The summed E-state index contributed by atoms with van der Waals surface area (Å²) >= 11 is 0. The number of H-pyrrole nitrogens is 1. The lowest BCUT2D eigenvalue weighted by Crippen LogP contribution is -2.19. The van der Waals surface area contributed by atoms with Crippen molar-refractivity contribution in [1.82, 2.24) is 15.4 Å². The fourth-order valence-corrected chi connectivity index (χ4v) is 2.24. The number of hydrogen-bond donors (Lipinski definition) is 3. The molecule has 1 heterocycles. The number of nitrogens with zero attached hydrogens (tertiary/aromatic N) is 2. The molecule has 6 nitrogen and oxygen atoms in total. The van der Waals surface area contributed by atoms with Gasteiger partial charge in [0.05, 0.1) is 28.8 Å². The maximum atomic E-state index is 12.3. The number of allylic oxidation sites excluding steroid dienone is 2. The molecule has 0 aliphatic rings. The van der Waals surface area contributed by atoms with Crippen LogP contribution in [-0.2, 0) is 0 Å². The van der Waals surface area contributed by atoms with E-state index >= 15 is 0 Å². The van der Waals surface area contributed by atoms with Gasteiger partial charge in [0.25, 0.3) is 5.91 Å². The molecule has 0 radical (unpaired) electrons. The van der Waals surface area contributed by atoms with Crippen LogP contribution in [0.15, 0.2) is 71.8 Å². The van der Waals surface area contributed by atoms with Crippen LogP contribution in [0.1, 0.15) is 22.8 Å². The zero-order valence-corrected chi connectivity index (χ0v) is 14.2. The highest BCUT2D eigenvalue weighted by atomic mass is 35.5. The SMILES string of the molecule is CC(O)=CC(=NNC(=O)c1ccc2nc[nH]c2c1)c1ccccc1.Cl. The number of hydrogen-bond acceptors (Lipinski definition) is 4. The second kappa shape index (κ2) is 8.12. The summed E-state index contributed by atoms with van der Waals surface area (Å²) in [6, 6.07) is 14.5. The number of fused-ring (bicyclic) bond motifs is 1. The third-order valence-electron chi connectivity index (χ3n) is 3.38. The molecule has 0 bridgehead atoms. The average molecular weight is 357 g/mol. The predicted molar refractivity (Wildman–Crippen MR) is 100 cm³/mol. The van der Waals surface area contributed by atoms with Gasteiger partial charge in [0.15, 0.2) is 0 Å². The molecule has 0 aliphatic heterocycles. The maximum absolute atomic E-state index is 12.3. The number of aliphatic hydroxyl groups excluding tert-OH is 1. The van der Waals surface area contributed by atoms with Gasteiger partial charge < -0.3 is 10.1 Å². The lowest BCUT2D eigenvalue weighted by Gasteiger charge is -2.04. The minimum Gasteiger partial charge on any atom is -0.513 e. The minimum absolute atomic E-state index is 0. The zero-order chi connectivity index (χ0) is 16.9. The summed E-state index contributed by atoms with van der Waals surface area (Å²) < 4.78 is 0. The van der Waals surface area contributed by atoms with Crippen molar-refractivity contribution in [3.05, 3.63) is 77.8 Å². The molecule has 0 aliphatic carbocycles. The number of imidazole rings is 1. The first-order valence-corrected chi connectivity index (χ1v) is 7.37. The number of aromatic amines is 1. The van der Waals surface area contributed by atoms with Crippen LogP contribution >= 0.6 is 12.4 Å². The van der Waals surface area contributed by atoms with E-state index in [1.807, 2.05) is 30.3 Å². The molecule has 2 aromatic carbocycles. The van der Waals surface area contributed by atoms with Crippen LogP contribution in [-0.4, -0.2) is 26.7 Å². The first-order chi connectivity index (χ1) is 11.6. The molecule has 3 rings (SSSR count). The van der Waals surface area contributed by atoms with E-state index in [0.717, 1.165) is 16.6 Å². The van der Waals surface area contributed by atoms with E-state index in [4.69, 9.17) is 0 Å². The zero-order valence-electron chi connectivity index (χ0n) is 13.4. The van der Waals surface area contributed by atoms with Crippen LogP contribution < -0.4 is 5.43 Å². The molecule has 1 aromatic heterocycles. The van der Waals surface area contributed by atoms with Crippen LogP contribution in [0.5, 0.6) is 0 Å². The van der Waals surface area contributed by atoms with Gasteiger partial charge in [0.2, 0.25) is 0 Å². The number of rotatable bonds is 4. The van der Waals surface area contributed by atoms with E-state index in [1.165, 1.54) is 6.08 Å². The number of hydrazone groups is 1. The summed E-state index contributed by atoms with van der Waals surface area (Å²) in [5, 5.41) is 13.7. The number of aromatic nitrogens is 2. The third-order valence-corrected chi connectivity index (χ3v) is 3.38. The topological polar surface area (TPSA) is 90.4 Å². The number of aliphatic hydroxyl groups is 1. The molecule has 0 saturated heterocycles. The summed E-state index contributed by atoms with van der Waals surface area (Å²) in [4.78, 5) is 19.4. The monoisotopic (exact) mass is 356 g/mol. The quantitative estimate of drug-likeness (QED) is 0.379. The molecule has 0 fully saturated rings. The standard InChI is InChI=1S/C18H16N4O2.ClH/c1-12(23)9-16(13-5-3-2-4-6-13)21-22-18(24)14-7-8-15-17(10-14)20-11-19-15;/h2-11,23H,1H3,(H,19,20)(H,22,24);1H. The van der Waals surface area contributed by atoms with Crippen molar-refractivity contribution in [2.45, 2.75) is 6.92 Å². The van der Waals surface area contributed by atoms with Crippen molar-refractivity contribution in [3.63, 3.8) is 0 Å². The Balaban J connectivity index is 0.00000225. The first-order valence-electron chi connectivity index (χ1n) is 7.37. The van der Waals surface area contributed by atoms with Crippen LogP contribution in [0, 0.1) is 0 Å². The lowest BCUT2D eigenvalue weighted by molar-refractivity contribution is 0.0955. The van der Waals surface area contributed by atoms with Gasteiger partial charge in [-0.1, -0.05) is 30.3 Å². The number of carbonyl (C=O) groups is 1. The molecule has 128 valence electrons. The normalized spacial score (nSPS) is 11.9. The third kappa shape index (κ3) is 4.45. The predicted octanol–water partition coefficient (Wildman–Crippen LogP) is 3.58. The van der Waals surface area contributed by atoms with Gasteiger partial charge in [-0.2, -0.15) is 5.10 Å². The fourth-order valence-electron chi connectivity index (χ4n) is 2.24. The molecule has 3 aromatic rings. The number of nitrogens with one attached hydrogen (secondary N) is 2. The number of amides is 1. The molecule has 1 amide bonds. The van der Waals surface area contributed by atoms with Gasteiger partial charge in [0, 0.05) is 17.2 Å². The highest BCUT2D eigenvalue weighted by Gasteiger charge is 2.08. The van der Waals surface area contributed by atoms with Crippen LogP contribution in [0.4, 0.5) is 0 Å². The van der Waals surface area contributed by atoms with E-state index in [0.29, 0.717) is 11.3 Å². The molecule has 0 spiro atoms. The molecular weight excluding hydrogens is 340 g/mol. The summed E-state index contributed by atoms with van der Waals surface area (Å²) in [5.74, 6) is -0.241. The molecular formula is C18H17ClN4O2. The molecule has 0 atom stereocenters. The Bertz CT molecular complexity index is 928. The van der Waals surface area contributed by atoms with Gasteiger partial charge >= 0.3 is 0 Å². The first kappa shape index (κ1) is 18.2. The summed E-state index contributed by atoms with van der Waals surface area (Å²) in [7, 11) is 0. The smallest absolute Gasteiger partial charge is 0.271 e. The Hall–Kier alpha value is -3.12. The molecule has 7 heteroatoms. The second-order valence-corrected chi connectivity index (χ2v) is 5.22. The van der Waals surface area contributed by atoms with Gasteiger partial charge in [-0.25, -0.2) is 10.4 Å². The summed E-state index contributed by atoms with van der Waals surface area (Å²) in [5.41, 5.74) is 5.81. The van der Waals surface area contributed by atoms with E-state index in [9.17, 15) is 9.90 Å². The number of benzene rings is 2. The van der Waals surface area contributed by atoms with Crippen molar-refractivity contribution in [2.75, 3.05) is 0 Å². The van der Waals surface area contributed by atoms with E-state index < -0.39 is 0 Å². The van der Waals surface area contributed by atoms with Crippen LogP contribution in [0.25, 0.3) is 11.0 Å². The van der Waals surface area contributed by atoms with Crippen molar-refractivity contribution in [3.8, 4) is 0 Å². The van der Waals surface area contributed by atoms with E-state index in [-0.39, 0.29) is 24.1 Å². The largest absolute Gasteiger partial charge is 0.513 e. The molecule has 25 heavy (non-hydrogen) atoms. The van der Waals surface area contributed by atoms with Crippen molar-refractivity contribution in [1.29, 1.82) is 0 Å². The van der Waals surface area contributed by atoms with E-state index in [2.05, 4.69) is 20.5 Å². The number of halogens is 1. The lowest BCUT2D eigenvalue weighted by atomic mass is 10.1. The Labute approximate surface area is 150 Å².